The Balaban J connectivity index is 1.52. The van der Waals surface area contributed by atoms with E-state index < -0.39 is 10.0 Å². The van der Waals surface area contributed by atoms with Crippen molar-refractivity contribution >= 4 is 32.7 Å². The number of carbonyl (C=O) groups is 1. The molecule has 3 aromatic carbocycles. The summed E-state index contributed by atoms with van der Waals surface area (Å²) < 4.78 is 27.3. The lowest BCUT2D eigenvalue weighted by atomic mass is 10.0. The zero-order chi connectivity index (χ0) is 21.0. The third-order valence-electron chi connectivity index (χ3n) is 5.58. The van der Waals surface area contributed by atoms with Gasteiger partial charge in [0.1, 0.15) is 0 Å². The predicted octanol–water partition coefficient (Wildman–Crippen LogP) is 5.30. The number of ketones is 1. The van der Waals surface area contributed by atoms with Crippen molar-refractivity contribution in [1.29, 1.82) is 0 Å². The van der Waals surface area contributed by atoms with Gasteiger partial charge in [-0.3, -0.25) is 4.79 Å². The van der Waals surface area contributed by atoms with Crippen LogP contribution in [0.1, 0.15) is 41.6 Å². The topological polar surface area (TPSA) is 54.5 Å². The van der Waals surface area contributed by atoms with E-state index in [1.165, 1.54) is 0 Å². The summed E-state index contributed by atoms with van der Waals surface area (Å²) in [6.45, 7) is 1.13. The Morgan fingerprint density at radius 2 is 1.47 bits per heavy atom. The number of benzene rings is 3. The van der Waals surface area contributed by atoms with E-state index in [2.05, 4.69) is 0 Å². The second kappa shape index (κ2) is 8.94. The normalized spacial score (nSPS) is 16.0. The van der Waals surface area contributed by atoms with Crippen molar-refractivity contribution in [3.63, 3.8) is 0 Å². The van der Waals surface area contributed by atoms with Gasteiger partial charge in [-0.1, -0.05) is 61.4 Å². The van der Waals surface area contributed by atoms with Crippen molar-refractivity contribution in [3.05, 3.63) is 83.9 Å². The fourth-order valence-electron chi connectivity index (χ4n) is 3.88. The first-order chi connectivity index (χ1) is 14.6. The van der Waals surface area contributed by atoms with Gasteiger partial charge in [-0.25, -0.2) is 8.42 Å². The molecule has 0 unspecified atom stereocenters. The van der Waals surface area contributed by atoms with Crippen molar-refractivity contribution in [2.45, 2.75) is 30.6 Å². The Morgan fingerprint density at radius 3 is 2.20 bits per heavy atom. The molecule has 4 rings (SSSR count). The van der Waals surface area contributed by atoms with Crippen LogP contribution in [-0.2, 0) is 10.0 Å². The van der Waals surface area contributed by atoms with Gasteiger partial charge in [-0.2, -0.15) is 4.31 Å². The largest absolute Gasteiger partial charge is 0.289 e. The van der Waals surface area contributed by atoms with Crippen LogP contribution in [0.25, 0.3) is 16.8 Å². The molecule has 0 aliphatic carbocycles. The highest BCUT2D eigenvalue weighted by Crippen LogP contribution is 2.22. The van der Waals surface area contributed by atoms with Crippen molar-refractivity contribution in [2.75, 3.05) is 13.1 Å². The molecule has 4 nitrogen and oxygen atoms in total. The molecule has 1 aliphatic heterocycles. The number of fused-ring (bicyclic) bond motifs is 1. The van der Waals surface area contributed by atoms with E-state index in [-0.39, 0.29) is 10.7 Å². The molecular weight excluding hydrogens is 394 g/mol. The molecule has 1 fully saturated rings. The lowest BCUT2D eigenvalue weighted by Gasteiger charge is -2.19. The highest BCUT2D eigenvalue weighted by molar-refractivity contribution is 7.89. The number of hydrogen-bond acceptors (Lipinski definition) is 3. The molecule has 0 spiro atoms. The van der Waals surface area contributed by atoms with Gasteiger partial charge in [0.05, 0.1) is 4.90 Å². The summed E-state index contributed by atoms with van der Waals surface area (Å²) in [4.78, 5) is 12.9. The van der Waals surface area contributed by atoms with Crippen molar-refractivity contribution in [1.82, 2.24) is 4.31 Å². The van der Waals surface area contributed by atoms with Gasteiger partial charge in [-0.15, -0.1) is 0 Å². The molecule has 0 amide bonds. The van der Waals surface area contributed by atoms with Crippen LogP contribution in [0.15, 0.2) is 77.7 Å². The van der Waals surface area contributed by atoms with Gasteiger partial charge in [0.2, 0.25) is 10.0 Å². The molecule has 0 aromatic heterocycles. The summed E-state index contributed by atoms with van der Waals surface area (Å²) in [5.41, 5.74) is 1.45. The zero-order valence-corrected chi connectivity index (χ0v) is 17.6. The Kier molecular flexibility index (Phi) is 6.11. The molecule has 0 atom stereocenters. The van der Waals surface area contributed by atoms with Crippen molar-refractivity contribution in [3.8, 4) is 0 Å². The van der Waals surface area contributed by atoms with Gasteiger partial charge in [0.25, 0.3) is 0 Å². The third kappa shape index (κ3) is 4.37. The third-order valence-corrected chi connectivity index (χ3v) is 7.49. The Morgan fingerprint density at radius 1 is 0.800 bits per heavy atom. The maximum atomic E-state index is 12.9. The van der Waals surface area contributed by atoms with Crippen LogP contribution < -0.4 is 0 Å². The average Bonchev–Trinajstić information content (AvgIpc) is 3.08. The Labute approximate surface area is 177 Å². The molecule has 0 N–H and O–H groups in total. The summed E-state index contributed by atoms with van der Waals surface area (Å²) >= 11 is 0. The van der Waals surface area contributed by atoms with Gasteiger partial charge in [0.15, 0.2) is 5.78 Å². The van der Waals surface area contributed by atoms with Crippen LogP contribution in [0.4, 0.5) is 0 Å². The first-order valence-electron chi connectivity index (χ1n) is 10.4. The predicted molar refractivity (Wildman–Crippen MR) is 121 cm³/mol. The first kappa shape index (κ1) is 20.5. The number of hydrogen-bond donors (Lipinski definition) is 0. The molecule has 1 saturated heterocycles. The molecule has 0 saturated carbocycles. The van der Waals surface area contributed by atoms with Crippen LogP contribution in [0, 0.1) is 0 Å². The molecule has 1 aliphatic rings. The van der Waals surface area contributed by atoms with E-state index in [4.69, 9.17) is 0 Å². The van der Waals surface area contributed by atoms with E-state index in [0.717, 1.165) is 42.0 Å². The fraction of sp³-hybridized carbons (Fsp3) is 0.240. The van der Waals surface area contributed by atoms with Crippen molar-refractivity contribution in [2.24, 2.45) is 0 Å². The van der Waals surface area contributed by atoms with Crippen LogP contribution in [0.5, 0.6) is 0 Å². The SMILES string of the molecule is O=C(C=Cc1cccc2ccccc12)c1ccc(S(=O)(=O)N2CCCCCC2)cc1. The van der Waals surface area contributed by atoms with Crippen LogP contribution in [0.3, 0.4) is 0 Å². The lowest BCUT2D eigenvalue weighted by molar-refractivity contribution is 0.104. The van der Waals surface area contributed by atoms with Crippen LogP contribution in [0.2, 0.25) is 0 Å². The summed E-state index contributed by atoms with van der Waals surface area (Å²) in [6.07, 6.45) is 7.29. The number of rotatable bonds is 5. The monoisotopic (exact) mass is 419 g/mol. The highest BCUT2D eigenvalue weighted by atomic mass is 32.2. The summed E-state index contributed by atoms with van der Waals surface area (Å²) in [7, 11) is -3.50. The molecular formula is C25H25NO3S. The Bertz CT molecular complexity index is 1170. The molecule has 3 aromatic rings. The molecule has 154 valence electrons. The number of nitrogens with zero attached hydrogens (tertiary/aromatic N) is 1. The first-order valence-corrected chi connectivity index (χ1v) is 11.8. The van der Waals surface area contributed by atoms with Gasteiger partial charge in [-0.05, 0) is 59.5 Å². The minimum Gasteiger partial charge on any atom is -0.289 e. The van der Waals surface area contributed by atoms with Crippen LogP contribution >= 0.6 is 0 Å². The highest BCUT2D eigenvalue weighted by Gasteiger charge is 2.25. The smallest absolute Gasteiger partial charge is 0.243 e. The van der Waals surface area contributed by atoms with Gasteiger partial charge in [0, 0.05) is 18.7 Å². The second-order valence-electron chi connectivity index (χ2n) is 7.61. The molecule has 5 heteroatoms. The van der Waals surface area contributed by atoms with Crippen molar-refractivity contribution < 1.29 is 13.2 Å². The molecule has 30 heavy (non-hydrogen) atoms. The summed E-state index contributed by atoms with van der Waals surface area (Å²) in [6, 6.07) is 20.3. The summed E-state index contributed by atoms with van der Waals surface area (Å²) in [5.74, 6) is -0.151. The lowest BCUT2D eigenvalue weighted by Crippen LogP contribution is -2.31. The Hall–Kier alpha value is -2.76. The minimum absolute atomic E-state index is 0.151. The molecule has 1 heterocycles. The van der Waals surface area contributed by atoms with E-state index in [1.807, 2.05) is 48.5 Å². The number of sulfonamides is 1. The number of carbonyl (C=O) groups excluding carboxylic acids is 1. The molecule has 0 bridgehead atoms. The van der Waals surface area contributed by atoms with Gasteiger partial charge < -0.3 is 0 Å². The quantitative estimate of drug-likeness (QED) is 0.416. The van der Waals surface area contributed by atoms with E-state index >= 15 is 0 Å². The molecule has 0 radical (unpaired) electrons. The second-order valence-corrected chi connectivity index (χ2v) is 9.55. The fourth-order valence-corrected chi connectivity index (χ4v) is 5.40. The van der Waals surface area contributed by atoms with E-state index in [1.54, 1.807) is 34.6 Å². The zero-order valence-electron chi connectivity index (χ0n) is 16.8. The standard InChI is InChI=1S/C25H25NO3S/c27-25(17-14-21-10-7-9-20-8-3-4-11-24(20)21)22-12-15-23(16-13-22)30(28,29)26-18-5-1-2-6-19-26/h3-4,7-17H,1-2,5-6,18-19H2. The van der Waals surface area contributed by atoms with E-state index in [9.17, 15) is 13.2 Å². The summed E-state index contributed by atoms with van der Waals surface area (Å²) in [5, 5.41) is 2.21. The average molecular weight is 420 g/mol. The van der Waals surface area contributed by atoms with Gasteiger partial charge >= 0.3 is 0 Å². The van der Waals surface area contributed by atoms with Crippen LogP contribution in [-0.4, -0.2) is 31.6 Å². The minimum atomic E-state index is -3.50. The van der Waals surface area contributed by atoms with E-state index in [0.29, 0.717) is 18.7 Å². The number of allylic oxidation sites excluding steroid dienone is 1. The maximum absolute atomic E-state index is 12.9. The maximum Gasteiger partial charge on any atom is 0.243 e.